The van der Waals surface area contributed by atoms with E-state index in [1.165, 1.54) is 6.07 Å². The number of nitrogens with one attached hydrogen (secondary N) is 2. The van der Waals surface area contributed by atoms with Crippen LogP contribution in [0.3, 0.4) is 0 Å². The molecule has 4 nitrogen and oxygen atoms in total. The summed E-state index contributed by atoms with van der Waals surface area (Å²) >= 11 is 0. The lowest BCUT2D eigenvalue weighted by atomic mass is 9.88. The summed E-state index contributed by atoms with van der Waals surface area (Å²) in [5.74, 6) is 1.16. The van der Waals surface area contributed by atoms with Crippen molar-refractivity contribution in [2.24, 2.45) is 11.8 Å². The Morgan fingerprint density at radius 1 is 1.53 bits per heavy atom. The quantitative estimate of drug-likeness (QED) is 0.776. The second-order valence-electron chi connectivity index (χ2n) is 5.44. The van der Waals surface area contributed by atoms with Gasteiger partial charge < -0.3 is 15.7 Å². The molecule has 0 radical (unpaired) electrons. The Hall–Kier alpha value is -1.55. The van der Waals surface area contributed by atoms with Crippen molar-refractivity contribution >= 4 is 5.91 Å². The van der Waals surface area contributed by atoms with Crippen LogP contribution in [0.4, 0.5) is 0 Å². The number of piperidine rings is 1. The molecule has 0 saturated carbocycles. The predicted octanol–water partition coefficient (Wildman–Crippen LogP) is 1.68. The van der Waals surface area contributed by atoms with Gasteiger partial charge in [0.05, 0.1) is 0 Å². The molecule has 104 valence electrons. The van der Waals surface area contributed by atoms with Gasteiger partial charge in [-0.25, -0.2) is 0 Å². The molecule has 0 aromatic heterocycles. The van der Waals surface area contributed by atoms with Crippen molar-refractivity contribution in [2.45, 2.75) is 20.3 Å². The molecule has 1 aliphatic rings. The molecule has 1 aromatic rings. The van der Waals surface area contributed by atoms with E-state index < -0.39 is 0 Å². The van der Waals surface area contributed by atoms with E-state index in [0.29, 0.717) is 23.9 Å². The lowest BCUT2D eigenvalue weighted by molar-refractivity contribution is 0.0938. The van der Waals surface area contributed by atoms with E-state index in [4.69, 9.17) is 0 Å². The standard InChI is InChI=1S/C15H22N2O2/c1-10-5-6-16-8-13(10)9-17-15(19)12-4-3-11(2)14(18)7-12/h3-4,7,10,13,16,18H,5-6,8-9H2,1-2H3,(H,17,19). The third-order valence-corrected chi connectivity index (χ3v) is 3.98. The number of hydrogen-bond donors (Lipinski definition) is 3. The fourth-order valence-corrected chi connectivity index (χ4v) is 2.40. The van der Waals surface area contributed by atoms with Crippen LogP contribution in [0.25, 0.3) is 0 Å². The van der Waals surface area contributed by atoms with Gasteiger partial charge in [0, 0.05) is 12.1 Å². The number of amides is 1. The van der Waals surface area contributed by atoms with E-state index in [1.807, 2.05) is 6.92 Å². The molecule has 0 spiro atoms. The van der Waals surface area contributed by atoms with Crippen LogP contribution in [0.5, 0.6) is 5.75 Å². The lowest BCUT2D eigenvalue weighted by Gasteiger charge is -2.29. The van der Waals surface area contributed by atoms with E-state index in [2.05, 4.69) is 17.6 Å². The molecule has 19 heavy (non-hydrogen) atoms. The van der Waals surface area contributed by atoms with Crippen molar-refractivity contribution in [1.82, 2.24) is 10.6 Å². The maximum Gasteiger partial charge on any atom is 0.251 e. The minimum absolute atomic E-state index is 0.118. The van der Waals surface area contributed by atoms with Gasteiger partial charge in [0.15, 0.2) is 0 Å². The first-order valence-corrected chi connectivity index (χ1v) is 6.86. The zero-order chi connectivity index (χ0) is 13.8. The van der Waals surface area contributed by atoms with Crippen LogP contribution in [-0.4, -0.2) is 30.6 Å². The molecule has 2 unspecified atom stereocenters. The number of carbonyl (C=O) groups excluding carboxylic acids is 1. The summed E-state index contributed by atoms with van der Waals surface area (Å²) in [6.45, 7) is 6.75. The molecule has 1 aromatic carbocycles. The maximum absolute atomic E-state index is 12.0. The van der Waals surface area contributed by atoms with Gasteiger partial charge in [0.25, 0.3) is 5.91 Å². The number of carbonyl (C=O) groups is 1. The Morgan fingerprint density at radius 2 is 2.32 bits per heavy atom. The topological polar surface area (TPSA) is 61.4 Å². The highest BCUT2D eigenvalue weighted by Crippen LogP contribution is 2.19. The van der Waals surface area contributed by atoms with Gasteiger partial charge in [0.1, 0.15) is 5.75 Å². The first kappa shape index (κ1) is 13.9. The Morgan fingerprint density at radius 3 is 3.00 bits per heavy atom. The monoisotopic (exact) mass is 262 g/mol. The molecular weight excluding hydrogens is 240 g/mol. The summed E-state index contributed by atoms with van der Waals surface area (Å²) < 4.78 is 0. The van der Waals surface area contributed by atoms with Crippen molar-refractivity contribution in [3.05, 3.63) is 29.3 Å². The Labute approximate surface area is 114 Å². The van der Waals surface area contributed by atoms with E-state index in [9.17, 15) is 9.90 Å². The van der Waals surface area contributed by atoms with E-state index in [1.54, 1.807) is 12.1 Å². The highest BCUT2D eigenvalue weighted by molar-refractivity contribution is 5.94. The van der Waals surface area contributed by atoms with Gasteiger partial charge in [-0.2, -0.15) is 0 Å². The molecule has 1 amide bonds. The summed E-state index contributed by atoms with van der Waals surface area (Å²) in [4.78, 5) is 12.0. The molecule has 1 fully saturated rings. The van der Waals surface area contributed by atoms with Crippen molar-refractivity contribution in [1.29, 1.82) is 0 Å². The smallest absolute Gasteiger partial charge is 0.251 e. The van der Waals surface area contributed by atoms with Crippen LogP contribution < -0.4 is 10.6 Å². The number of aryl methyl sites for hydroxylation is 1. The third-order valence-electron chi connectivity index (χ3n) is 3.98. The number of hydrogen-bond acceptors (Lipinski definition) is 3. The van der Waals surface area contributed by atoms with Crippen molar-refractivity contribution in [3.8, 4) is 5.75 Å². The van der Waals surface area contributed by atoms with Crippen LogP contribution in [0.15, 0.2) is 18.2 Å². The van der Waals surface area contributed by atoms with E-state index in [-0.39, 0.29) is 11.7 Å². The average molecular weight is 262 g/mol. The van der Waals surface area contributed by atoms with Crippen LogP contribution in [0, 0.1) is 18.8 Å². The number of benzene rings is 1. The first-order chi connectivity index (χ1) is 9.08. The molecule has 2 atom stereocenters. The molecule has 0 aliphatic carbocycles. The van der Waals surface area contributed by atoms with Crippen molar-refractivity contribution in [2.75, 3.05) is 19.6 Å². The average Bonchev–Trinajstić information content (AvgIpc) is 2.40. The Balaban J connectivity index is 1.91. The fraction of sp³-hybridized carbons (Fsp3) is 0.533. The van der Waals surface area contributed by atoms with E-state index in [0.717, 1.165) is 25.1 Å². The second-order valence-corrected chi connectivity index (χ2v) is 5.44. The van der Waals surface area contributed by atoms with Crippen LogP contribution in [-0.2, 0) is 0 Å². The summed E-state index contributed by atoms with van der Waals surface area (Å²) in [6, 6.07) is 5.02. The number of phenolic OH excluding ortho intramolecular Hbond substituents is 1. The molecule has 4 heteroatoms. The minimum atomic E-state index is -0.118. The van der Waals surface area contributed by atoms with Gasteiger partial charge in [-0.15, -0.1) is 0 Å². The number of aromatic hydroxyl groups is 1. The van der Waals surface area contributed by atoms with Crippen LogP contribution >= 0.6 is 0 Å². The molecule has 1 aliphatic heterocycles. The Bertz CT molecular complexity index is 459. The Kier molecular flexibility index (Phi) is 4.43. The summed E-state index contributed by atoms with van der Waals surface area (Å²) in [5, 5.41) is 15.9. The summed E-state index contributed by atoms with van der Waals surface area (Å²) in [7, 11) is 0. The van der Waals surface area contributed by atoms with Gasteiger partial charge in [-0.1, -0.05) is 13.0 Å². The minimum Gasteiger partial charge on any atom is -0.508 e. The van der Waals surface area contributed by atoms with Gasteiger partial charge in [0.2, 0.25) is 0 Å². The molecule has 3 N–H and O–H groups in total. The fourth-order valence-electron chi connectivity index (χ4n) is 2.40. The summed E-state index contributed by atoms with van der Waals surface area (Å²) in [6.07, 6.45) is 1.16. The molecular formula is C15H22N2O2. The highest BCUT2D eigenvalue weighted by Gasteiger charge is 2.21. The van der Waals surface area contributed by atoms with Crippen LogP contribution in [0.1, 0.15) is 29.3 Å². The largest absolute Gasteiger partial charge is 0.508 e. The normalized spacial score (nSPS) is 23.1. The first-order valence-electron chi connectivity index (χ1n) is 6.86. The molecule has 1 saturated heterocycles. The zero-order valence-electron chi connectivity index (χ0n) is 11.6. The van der Waals surface area contributed by atoms with Gasteiger partial charge in [-0.3, -0.25) is 4.79 Å². The molecule has 2 rings (SSSR count). The third kappa shape index (κ3) is 3.47. The maximum atomic E-state index is 12.0. The van der Waals surface area contributed by atoms with Gasteiger partial charge in [-0.05, 0) is 56.0 Å². The SMILES string of the molecule is Cc1ccc(C(=O)NCC2CNCCC2C)cc1O. The van der Waals surface area contributed by atoms with Crippen molar-refractivity contribution in [3.63, 3.8) is 0 Å². The lowest BCUT2D eigenvalue weighted by Crippen LogP contribution is -2.42. The predicted molar refractivity (Wildman–Crippen MR) is 75.3 cm³/mol. The highest BCUT2D eigenvalue weighted by atomic mass is 16.3. The number of phenols is 1. The number of rotatable bonds is 3. The molecule has 0 bridgehead atoms. The molecule has 1 heterocycles. The second kappa shape index (κ2) is 6.06. The van der Waals surface area contributed by atoms with Crippen molar-refractivity contribution < 1.29 is 9.90 Å². The summed E-state index contributed by atoms with van der Waals surface area (Å²) in [5.41, 5.74) is 1.29. The van der Waals surface area contributed by atoms with Gasteiger partial charge >= 0.3 is 0 Å². The zero-order valence-corrected chi connectivity index (χ0v) is 11.6. The van der Waals surface area contributed by atoms with E-state index >= 15 is 0 Å². The van der Waals surface area contributed by atoms with Crippen LogP contribution in [0.2, 0.25) is 0 Å².